The van der Waals surface area contributed by atoms with Gasteiger partial charge >= 0.3 is 0 Å². The summed E-state index contributed by atoms with van der Waals surface area (Å²) in [4.78, 5) is 14.4. The summed E-state index contributed by atoms with van der Waals surface area (Å²) >= 11 is 1.19. The molecule has 0 aliphatic carbocycles. The average Bonchev–Trinajstić information content (AvgIpc) is 3.22. The number of amides is 1. The van der Waals surface area contributed by atoms with Crippen molar-refractivity contribution in [1.29, 1.82) is 0 Å². The van der Waals surface area contributed by atoms with Gasteiger partial charge in [0.25, 0.3) is 5.22 Å². The molecule has 0 spiro atoms. The molecular formula is C17H21N3O4S2. The lowest BCUT2D eigenvalue weighted by Crippen LogP contribution is -2.44. The van der Waals surface area contributed by atoms with Gasteiger partial charge < -0.3 is 9.32 Å². The normalized spacial score (nSPS) is 20.0. The Morgan fingerprint density at radius 3 is 2.69 bits per heavy atom. The van der Waals surface area contributed by atoms with Crippen molar-refractivity contribution < 1.29 is 17.6 Å². The van der Waals surface area contributed by atoms with E-state index in [0.29, 0.717) is 24.1 Å². The van der Waals surface area contributed by atoms with Crippen LogP contribution < -0.4 is 0 Å². The second kappa shape index (κ2) is 7.79. The molecule has 1 saturated heterocycles. The van der Waals surface area contributed by atoms with E-state index in [2.05, 4.69) is 10.2 Å². The summed E-state index contributed by atoms with van der Waals surface area (Å²) in [5.74, 6) is 0.483. The molecule has 0 bridgehead atoms. The summed E-state index contributed by atoms with van der Waals surface area (Å²) in [6, 6.07) is 9.16. The highest BCUT2D eigenvalue weighted by atomic mass is 32.2. The van der Waals surface area contributed by atoms with Crippen molar-refractivity contribution in [2.24, 2.45) is 0 Å². The molecule has 140 valence electrons. The van der Waals surface area contributed by atoms with Crippen molar-refractivity contribution in [2.45, 2.75) is 36.8 Å². The first kappa shape index (κ1) is 18.9. The average molecular weight is 396 g/mol. The number of thioether (sulfide) groups is 1. The Labute approximate surface area is 157 Å². The maximum Gasteiger partial charge on any atom is 0.277 e. The number of aromatic nitrogens is 2. The van der Waals surface area contributed by atoms with Crippen molar-refractivity contribution in [1.82, 2.24) is 15.1 Å². The van der Waals surface area contributed by atoms with Crippen LogP contribution in [0.2, 0.25) is 0 Å². The zero-order valence-corrected chi connectivity index (χ0v) is 16.3. The maximum atomic E-state index is 12.8. The third-order valence-corrected chi connectivity index (χ3v) is 7.00. The first-order valence-corrected chi connectivity index (χ1v) is 11.2. The van der Waals surface area contributed by atoms with E-state index in [1.54, 1.807) is 11.8 Å². The van der Waals surface area contributed by atoms with Crippen LogP contribution in [0.4, 0.5) is 0 Å². The van der Waals surface area contributed by atoms with Crippen LogP contribution in [0.3, 0.4) is 0 Å². The zero-order chi connectivity index (χ0) is 18.7. The molecule has 7 nitrogen and oxygen atoms in total. The number of rotatable bonds is 6. The van der Waals surface area contributed by atoms with Gasteiger partial charge in [-0.15, -0.1) is 10.2 Å². The minimum atomic E-state index is -3.04. The molecule has 26 heavy (non-hydrogen) atoms. The summed E-state index contributed by atoms with van der Waals surface area (Å²) < 4.78 is 29.0. The molecule has 9 heteroatoms. The third-order valence-electron chi connectivity index (χ3n) is 4.33. The van der Waals surface area contributed by atoms with Gasteiger partial charge in [-0.2, -0.15) is 0 Å². The summed E-state index contributed by atoms with van der Waals surface area (Å²) in [6.45, 7) is 4.11. The molecule has 1 aliphatic rings. The van der Waals surface area contributed by atoms with E-state index in [0.717, 1.165) is 5.56 Å². The van der Waals surface area contributed by atoms with Crippen LogP contribution in [0.15, 0.2) is 40.0 Å². The molecule has 2 heterocycles. The number of sulfone groups is 1. The van der Waals surface area contributed by atoms with Gasteiger partial charge in [0.05, 0.1) is 16.8 Å². The van der Waals surface area contributed by atoms with Crippen LogP contribution in [0.5, 0.6) is 0 Å². The first-order chi connectivity index (χ1) is 12.4. The number of carbonyl (C=O) groups is 1. The summed E-state index contributed by atoms with van der Waals surface area (Å²) in [6.07, 6.45) is 0.498. The number of hydrogen-bond donors (Lipinski definition) is 0. The fraction of sp³-hybridized carbons (Fsp3) is 0.471. The van der Waals surface area contributed by atoms with E-state index >= 15 is 0 Å². The molecule has 1 aliphatic heterocycles. The number of hydrogen-bond acceptors (Lipinski definition) is 7. The van der Waals surface area contributed by atoms with Gasteiger partial charge in [-0.3, -0.25) is 4.79 Å². The molecule has 0 unspecified atom stereocenters. The molecule has 3 rings (SSSR count). The van der Waals surface area contributed by atoms with Gasteiger partial charge in [0.2, 0.25) is 11.8 Å². The smallest absolute Gasteiger partial charge is 0.277 e. The summed E-state index contributed by atoms with van der Waals surface area (Å²) in [7, 11) is -3.04. The molecule has 1 aromatic heterocycles. The highest BCUT2D eigenvalue weighted by molar-refractivity contribution is 8.00. The number of carbonyl (C=O) groups excluding carboxylic acids is 1. The Hall–Kier alpha value is -1.87. The van der Waals surface area contributed by atoms with Gasteiger partial charge in [-0.25, -0.2) is 8.42 Å². The van der Waals surface area contributed by atoms with E-state index < -0.39 is 15.1 Å². The van der Waals surface area contributed by atoms with Crippen LogP contribution in [-0.4, -0.2) is 58.8 Å². The van der Waals surface area contributed by atoms with Crippen LogP contribution in [0.25, 0.3) is 11.5 Å². The number of nitrogens with zero attached hydrogens (tertiary/aromatic N) is 3. The van der Waals surface area contributed by atoms with E-state index in [9.17, 15) is 13.2 Å². The highest BCUT2D eigenvalue weighted by Gasteiger charge is 2.35. The summed E-state index contributed by atoms with van der Waals surface area (Å²) in [5.41, 5.74) is 0.817. The lowest BCUT2D eigenvalue weighted by atomic mass is 10.2. The van der Waals surface area contributed by atoms with Crippen molar-refractivity contribution in [2.75, 3.05) is 18.1 Å². The van der Waals surface area contributed by atoms with E-state index in [4.69, 9.17) is 4.42 Å². The molecule has 0 saturated carbocycles. The van der Waals surface area contributed by atoms with Gasteiger partial charge in [0.1, 0.15) is 0 Å². The van der Waals surface area contributed by atoms with Gasteiger partial charge in [-0.05, 0) is 32.4 Å². The van der Waals surface area contributed by atoms with E-state index in [1.807, 2.05) is 37.3 Å². The quantitative estimate of drug-likeness (QED) is 0.693. The summed E-state index contributed by atoms with van der Waals surface area (Å²) in [5, 5.41) is 7.90. The first-order valence-electron chi connectivity index (χ1n) is 8.46. The second-order valence-corrected chi connectivity index (χ2v) is 9.70. The fourth-order valence-corrected chi connectivity index (χ4v) is 5.49. The minimum absolute atomic E-state index is 0.0443. The Bertz CT molecular complexity index is 867. The third kappa shape index (κ3) is 4.27. The van der Waals surface area contributed by atoms with Crippen molar-refractivity contribution >= 4 is 27.5 Å². The van der Waals surface area contributed by atoms with Crippen molar-refractivity contribution in [3.63, 3.8) is 0 Å². The lowest BCUT2D eigenvalue weighted by Gasteiger charge is -2.28. The standard InChI is InChI=1S/C17H21N3O4S2/c1-3-20(14-9-10-26(22,23)11-14)16(21)12(2)25-17-19-18-15(24-17)13-7-5-4-6-8-13/h4-8,12,14H,3,9-11H2,1-2H3/t12-,14+/m1/s1. The van der Waals surface area contributed by atoms with Crippen molar-refractivity contribution in [3.8, 4) is 11.5 Å². The SMILES string of the molecule is CCN(C(=O)[C@@H](C)Sc1nnc(-c2ccccc2)o1)[C@H]1CCS(=O)(=O)C1. The predicted molar refractivity (Wildman–Crippen MR) is 99.5 cm³/mol. The molecule has 0 N–H and O–H groups in total. The second-order valence-electron chi connectivity index (χ2n) is 6.18. The molecule has 0 radical (unpaired) electrons. The Morgan fingerprint density at radius 1 is 1.35 bits per heavy atom. The lowest BCUT2D eigenvalue weighted by molar-refractivity contribution is -0.131. The van der Waals surface area contributed by atoms with Crippen LogP contribution in [0.1, 0.15) is 20.3 Å². The molecule has 1 fully saturated rings. The van der Waals surface area contributed by atoms with Crippen LogP contribution >= 0.6 is 11.8 Å². The number of benzene rings is 1. The Balaban J connectivity index is 1.66. The van der Waals surface area contributed by atoms with Crippen LogP contribution in [-0.2, 0) is 14.6 Å². The molecule has 2 aromatic rings. The molecule has 1 aromatic carbocycles. The van der Waals surface area contributed by atoms with Gasteiger partial charge in [0.15, 0.2) is 9.84 Å². The van der Waals surface area contributed by atoms with Gasteiger partial charge in [0, 0.05) is 18.2 Å². The monoisotopic (exact) mass is 395 g/mol. The molecule has 1 amide bonds. The Kier molecular flexibility index (Phi) is 5.67. The van der Waals surface area contributed by atoms with Crippen molar-refractivity contribution in [3.05, 3.63) is 30.3 Å². The molecular weight excluding hydrogens is 374 g/mol. The fourth-order valence-electron chi connectivity index (χ4n) is 3.01. The Morgan fingerprint density at radius 2 is 2.08 bits per heavy atom. The highest BCUT2D eigenvalue weighted by Crippen LogP contribution is 2.28. The van der Waals surface area contributed by atoms with Crippen LogP contribution in [0, 0.1) is 0 Å². The van der Waals surface area contributed by atoms with E-state index in [-0.39, 0.29) is 23.5 Å². The predicted octanol–water partition coefficient (Wildman–Crippen LogP) is 2.25. The van der Waals surface area contributed by atoms with E-state index in [1.165, 1.54) is 11.8 Å². The zero-order valence-electron chi connectivity index (χ0n) is 14.7. The topological polar surface area (TPSA) is 93.4 Å². The van der Waals surface area contributed by atoms with Gasteiger partial charge in [-0.1, -0.05) is 30.0 Å². The maximum absolute atomic E-state index is 12.8. The largest absolute Gasteiger partial charge is 0.411 e. The minimum Gasteiger partial charge on any atom is -0.411 e. The molecule has 2 atom stereocenters.